The molecule has 1 N–H and O–H groups in total. The van der Waals surface area contributed by atoms with Gasteiger partial charge in [-0.05, 0) is 25.3 Å². The summed E-state index contributed by atoms with van der Waals surface area (Å²) in [5, 5.41) is 3.12. The van der Waals surface area contributed by atoms with Gasteiger partial charge in [-0.1, -0.05) is 37.3 Å². The average molecular weight is 290 g/mol. The van der Waals surface area contributed by atoms with Crippen LogP contribution in [-0.2, 0) is 16.1 Å². The van der Waals surface area contributed by atoms with E-state index < -0.39 is 0 Å². The standard InChI is InChI=1S/C17H26N2O2/c1-4-21-14(3)17(20)18-16-12-19(10-13(16)2)11-15-8-6-5-7-9-15/h5-9,13-14,16H,4,10-12H2,1-3H3,(H,18,20)/t13-,14+,16+/m0/s1. The largest absolute Gasteiger partial charge is 0.369 e. The number of ether oxygens (including phenoxy) is 1. The van der Waals surface area contributed by atoms with Crippen LogP contribution in [0.25, 0.3) is 0 Å². The van der Waals surface area contributed by atoms with Gasteiger partial charge in [0, 0.05) is 32.3 Å². The Balaban J connectivity index is 1.85. The third-order valence-electron chi connectivity index (χ3n) is 4.05. The van der Waals surface area contributed by atoms with Gasteiger partial charge < -0.3 is 10.1 Å². The van der Waals surface area contributed by atoms with E-state index in [-0.39, 0.29) is 18.1 Å². The fourth-order valence-electron chi connectivity index (χ4n) is 2.85. The Labute approximate surface area is 127 Å². The van der Waals surface area contributed by atoms with Gasteiger partial charge in [-0.15, -0.1) is 0 Å². The number of rotatable bonds is 6. The summed E-state index contributed by atoms with van der Waals surface area (Å²) in [6.07, 6.45) is -0.370. The van der Waals surface area contributed by atoms with Gasteiger partial charge >= 0.3 is 0 Å². The third kappa shape index (κ3) is 4.55. The molecule has 1 aliphatic rings. The lowest BCUT2D eigenvalue weighted by Crippen LogP contribution is -2.44. The summed E-state index contributed by atoms with van der Waals surface area (Å²) >= 11 is 0. The van der Waals surface area contributed by atoms with Gasteiger partial charge in [0.05, 0.1) is 0 Å². The zero-order valence-corrected chi connectivity index (χ0v) is 13.2. The smallest absolute Gasteiger partial charge is 0.249 e. The highest BCUT2D eigenvalue weighted by molar-refractivity contribution is 5.80. The SMILES string of the molecule is CCO[C@H](C)C(=O)N[C@@H]1CN(Cc2ccccc2)C[C@@H]1C. The van der Waals surface area contributed by atoms with Crippen LogP contribution < -0.4 is 5.32 Å². The van der Waals surface area contributed by atoms with E-state index in [1.807, 2.05) is 13.0 Å². The molecule has 2 rings (SSSR count). The summed E-state index contributed by atoms with van der Waals surface area (Å²) in [5.41, 5.74) is 1.32. The predicted octanol–water partition coefficient (Wildman–Crippen LogP) is 2.05. The molecular formula is C17H26N2O2. The molecule has 0 spiro atoms. The fourth-order valence-corrected chi connectivity index (χ4v) is 2.85. The number of hydrogen-bond donors (Lipinski definition) is 1. The summed E-state index contributed by atoms with van der Waals surface area (Å²) in [6, 6.07) is 10.7. The second-order valence-corrected chi connectivity index (χ2v) is 5.87. The van der Waals surface area contributed by atoms with Crippen molar-refractivity contribution in [3.8, 4) is 0 Å². The van der Waals surface area contributed by atoms with E-state index in [1.165, 1.54) is 5.56 Å². The van der Waals surface area contributed by atoms with Crippen molar-refractivity contribution in [2.75, 3.05) is 19.7 Å². The van der Waals surface area contributed by atoms with Crippen LogP contribution in [0.3, 0.4) is 0 Å². The first kappa shape index (κ1) is 16.0. The highest BCUT2D eigenvalue weighted by Crippen LogP contribution is 2.19. The number of carbonyl (C=O) groups is 1. The summed E-state index contributed by atoms with van der Waals surface area (Å²) in [4.78, 5) is 14.4. The molecule has 0 aromatic heterocycles. The van der Waals surface area contributed by atoms with Crippen molar-refractivity contribution in [3.05, 3.63) is 35.9 Å². The maximum absolute atomic E-state index is 12.0. The molecule has 1 aromatic carbocycles. The van der Waals surface area contributed by atoms with Crippen LogP contribution in [0.4, 0.5) is 0 Å². The van der Waals surface area contributed by atoms with Crippen LogP contribution in [0.2, 0.25) is 0 Å². The Morgan fingerprint density at radius 2 is 2.10 bits per heavy atom. The maximum Gasteiger partial charge on any atom is 0.249 e. The van der Waals surface area contributed by atoms with E-state index in [0.29, 0.717) is 12.5 Å². The molecule has 1 aromatic rings. The average Bonchev–Trinajstić information content (AvgIpc) is 2.80. The summed E-state index contributed by atoms with van der Waals surface area (Å²) in [6.45, 7) is 9.34. The molecule has 0 bridgehead atoms. The van der Waals surface area contributed by atoms with Crippen LogP contribution in [-0.4, -0.2) is 42.6 Å². The molecule has 0 aliphatic carbocycles. The minimum absolute atomic E-state index is 0.00439. The van der Waals surface area contributed by atoms with Crippen LogP contribution in [0, 0.1) is 5.92 Å². The zero-order chi connectivity index (χ0) is 15.2. The van der Waals surface area contributed by atoms with Crippen LogP contribution >= 0.6 is 0 Å². The zero-order valence-electron chi connectivity index (χ0n) is 13.2. The van der Waals surface area contributed by atoms with E-state index in [0.717, 1.165) is 19.6 Å². The lowest BCUT2D eigenvalue weighted by molar-refractivity contribution is -0.132. The van der Waals surface area contributed by atoms with Gasteiger partial charge in [-0.25, -0.2) is 0 Å². The third-order valence-corrected chi connectivity index (χ3v) is 4.05. The fraction of sp³-hybridized carbons (Fsp3) is 0.588. The first-order chi connectivity index (χ1) is 10.1. The van der Waals surface area contributed by atoms with E-state index in [1.54, 1.807) is 6.92 Å². The maximum atomic E-state index is 12.0. The van der Waals surface area contributed by atoms with E-state index in [9.17, 15) is 4.79 Å². The first-order valence-electron chi connectivity index (χ1n) is 7.78. The van der Waals surface area contributed by atoms with Crippen molar-refractivity contribution in [1.82, 2.24) is 10.2 Å². The molecule has 1 amide bonds. The number of nitrogens with zero attached hydrogens (tertiary/aromatic N) is 1. The Kier molecular flexibility index (Phi) is 5.76. The number of hydrogen-bond acceptors (Lipinski definition) is 3. The molecule has 4 heteroatoms. The molecule has 1 heterocycles. The molecule has 0 saturated carbocycles. The van der Waals surface area contributed by atoms with Crippen LogP contribution in [0.1, 0.15) is 26.3 Å². The van der Waals surface area contributed by atoms with Crippen molar-refractivity contribution in [1.29, 1.82) is 0 Å². The number of carbonyl (C=O) groups excluding carboxylic acids is 1. The molecule has 0 radical (unpaired) electrons. The van der Waals surface area contributed by atoms with Gasteiger partial charge in [0.15, 0.2) is 0 Å². The quantitative estimate of drug-likeness (QED) is 0.872. The minimum Gasteiger partial charge on any atom is -0.369 e. The van der Waals surface area contributed by atoms with Crippen molar-refractivity contribution in [2.24, 2.45) is 5.92 Å². The number of nitrogens with one attached hydrogen (secondary N) is 1. The molecule has 0 unspecified atom stereocenters. The van der Waals surface area contributed by atoms with Crippen molar-refractivity contribution >= 4 is 5.91 Å². The summed E-state index contributed by atoms with van der Waals surface area (Å²) in [7, 11) is 0. The predicted molar refractivity (Wildman–Crippen MR) is 83.9 cm³/mol. The van der Waals surface area contributed by atoms with Crippen molar-refractivity contribution in [2.45, 2.75) is 39.5 Å². The van der Waals surface area contributed by atoms with E-state index in [2.05, 4.69) is 41.4 Å². The monoisotopic (exact) mass is 290 g/mol. The Bertz CT molecular complexity index is 449. The van der Waals surface area contributed by atoms with Gasteiger partial charge in [0.2, 0.25) is 5.91 Å². The second-order valence-electron chi connectivity index (χ2n) is 5.87. The topological polar surface area (TPSA) is 41.6 Å². The van der Waals surface area contributed by atoms with Crippen LogP contribution in [0.15, 0.2) is 30.3 Å². The normalized spacial score (nSPS) is 24.0. The summed E-state index contributed by atoms with van der Waals surface area (Å²) < 4.78 is 5.35. The van der Waals surface area contributed by atoms with E-state index in [4.69, 9.17) is 4.74 Å². The van der Waals surface area contributed by atoms with Gasteiger partial charge in [0.25, 0.3) is 0 Å². The Morgan fingerprint density at radius 3 is 2.76 bits per heavy atom. The second kappa shape index (κ2) is 7.57. The van der Waals surface area contributed by atoms with Gasteiger partial charge in [-0.2, -0.15) is 0 Å². The minimum atomic E-state index is -0.370. The Hall–Kier alpha value is -1.39. The first-order valence-corrected chi connectivity index (χ1v) is 7.78. The number of likely N-dealkylation sites (tertiary alicyclic amines) is 1. The molecule has 116 valence electrons. The molecule has 1 saturated heterocycles. The van der Waals surface area contributed by atoms with Crippen molar-refractivity contribution < 1.29 is 9.53 Å². The molecule has 4 nitrogen and oxygen atoms in total. The summed E-state index contributed by atoms with van der Waals surface area (Å²) in [5.74, 6) is 0.460. The highest BCUT2D eigenvalue weighted by atomic mass is 16.5. The lowest BCUT2D eigenvalue weighted by Gasteiger charge is -2.20. The van der Waals surface area contributed by atoms with E-state index >= 15 is 0 Å². The van der Waals surface area contributed by atoms with Gasteiger partial charge in [-0.3, -0.25) is 9.69 Å². The lowest BCUT2D eigenvalue weighted by atomic mass is 10.1. The van der Waals surface area contributed by atoms with Crippen molar-refractivity contribution in [3.63, 3.8) is 0 Å². The molecule has 3 atom stereocenters. The Morgan fingerprint density at radius 1 is 1.38 bits per heavy atom. The molecule has 1 aliphatic heterocycles. The van der Waals surface area contributed by atoms with Gasteiger partial charge in [0.1, 0.15) is 6.10 Å². The number of benzene rings is 1. The molecule has 21 heavy (non-hydrogen) atoms. The molecule has 1 fully saturated rings. The molecular weight excluding hydrogens is 264 g/mol. The van der Waals surface area contributed by atoms with Crippen LogP contribution in [0.5, 0.6) is 0 Å². The number of amides is 1. The highest BCUT2D eigenvalue weighted by Gasteiger charge is 2.31.